The molecule has 1 N–H and O–H groups in total. The number of carbonyl (C=O) groups is 1. The SMILES string of the molecule is CCCN(CC1CC1)C(=O)c1cc(CC)nc(NC)c1. The van der Waals surface area contributed by atoms with Gasteiger partial charge in [0.15, 0.2) is 0 Å². The lowest BCUT2D eigenvalue weighted by Gasteiger charge is -2.22. The smallest absolute Gasteiger partial charge is 0.254 e. The molecule has 4 heteroatoms. The maximum Gasteiger partial charge on any atom is 0.254 e. The van der Waals surface area contributed by atoms with E-state index in [0.717, 1.165) is 48.9 Å². The summed E-state index contributed by atoms with van der Waals surface area (Å²) in [6.45, 7) is 5.93. The lowest BCUT2D eigenvalue weighted by molar-refractivity contribution is 0.0747. The van der Waals surface area contributed by atoms with Gasteiger partial charge >= 0.3 is 0 Å². The van der Waals surface area contributed by atoms with Gasteiger partial charge in [0.25, 0.3) is 5.91 Å². The summed E-state index contributed by atoms with van der Waals surface area (Å²) in [6.07, 6.45) is 4.38. The highest BCUT2D eigenvalue weighted by molar-refractivity contribution is 5.95. The lowest BCUT2D eigenvalue weighted by Crippen LogP contribution is -2.33. The van der Waals surface area contributed by atoms with Crippen LogP contribution in [-0.4, -0.2) is 35.9 Å². The number of anilines is 1. The highest BCUT2D eigenvalue weighted by Gasteiger charge is 2.27. The molecule has 0 unspecified atom stereocenters. The van der Waals surface area contributed by atoms with Crippen LogP contribution in [0, 0.1) is 5.92 Å². The molecule has 20 heavy (non-hydrogen) atoms. The number of pyridine rings is 1. The van der Waals surface area contributed by atoms with Gasteiger partial charge in [-0.3, -0.25) is 4.79 Å². The minimum absolute atomic E-state index is 0.146. The van der Waals surface area contributed by atoms with Gasteiger partial charge in [0.2, 0.25) is 0 Å². The Bertz CT molecular complexity index is 447. The van der Waals surface area contributed by atoms with Crippen LogP contribution in [0.2, 0.25) is 0 Å². The molecule has 1 aromatic rings. The monoisotopic (exact) mass is 275 g/mol. The maximum absolute atomic E-state index is 12.7. The van der Waals surface area contributed by atoms with Crippen molar-refractivity contribution < 1.29 is 4.79 Å². The van der Waals surface area contributed by atoms with Crippen LogP contribution >= 0.6 is 0 Å². The number of nitrogens with one attached hydrogen (secondary N) is 1. The van der Waals surface area contributed by atoms with Crippen molar-refractivity contribution in [3.05, 3.63) is 23.4 Å². The molecule has 4 nitrogen and oxygen atoms in total. The van der Waals surface area contributed by atoms with E-state index < -0.39 is 0 Å². The summed E-state index contributed by atoms with van der Waals surface area (Å²) < 4.78 is 0. The van der Waals surface area contributed by atoms with Crippen LogP contribution in [0.15, 0.2) is 12.1 Å². The molecule has 1 aliphatic carbocycles. The second kappa shape index (κ2) is 6.73. The van der Waals surface area contributed by atoms with E-state index in [1.54, 1.807) is 0 Å². The first-order chi connectivity index (χ1) is 9.67. The number of aromatic nitrogens is 1. The molecular weight excluding hydrogens is 250 g/mol. The van der Waals surface area contributed by atoms with Gasteiger partial charge in [0.05, 0.1) is 0 Å². The minimum Gasteiger partial charge on any atom is -0.373 e. The van der Waals surface area contributed by atoms with Crippen molar-refractivity contribution in [2.45, 2.75) is 39.5 Å². The molecule has 0 atom stereocenters. The van der Waals surface area contributed by atoms with Crippen LogP contribution < -0.4 is 5.32 Å². The molecule has 0 radical (unpaired) electrons. The number of hydrogen-bond acceptors (Lipinski definition) is 3. The molecule has 0 aliphatic heterocycles. The Morgan fingerprint density at radius 2 is 2.15 bits per heavy atom. The van der Waals surface area contributed by atoms with Gasteiger partial charge < -0.3 is 10.2 Å². The normalized spacial score (nSPS) is 14.2. The third kappa shape index (κ3) is 3.71. The van der Waals surface area contributed by atoms with Crippen molar-refractivity contribution in [1.82, 2.24) is 9.88 Å². The third-order valence-corrected chi connectivity index (χ3v) is 3.70. The van der Waals surface area contributed by atoms with Gasteiger partial charge in [-0.25, -0.2) is 4.98 Å². The summed E-state index contributed by atoms with van der Waals surface area (Å²) in [5.41, 5.74) is 1.72. The Balaban J connectivity index is 2.19. The quantitative estimate of drug-likeness (QED) is 0.832. The molecule has 1 aromatic heterocycles. The van der Waals surface area contributed by atoms with E-state index in [0.29, 0.717) is 0 Å². The predicted molar refractivity (Wildman–Crippen MR) is 82.1 cm³/mol. The maximum atomic E-state index is 12.7. The van der Waals surface area contributed by atoms with Crippen molar-refractivity contribution in [3.63, 3.8) is 0 Å². The molecule has 0 aromatic carbocycles. The summed E-state index contributed by atoms with van der Waals surface area (Å²) in [5.74, 6) is 1.64. The van der Waals surface area contributed by atoms with Gasteiger partial charge in [-0.1, -0.05) is 13.8 Å². The topological polar surface area (TPSA) is 45.2 Å². The van der Waals surface area contributed by atoms with E-state index in [4.69, 9.17) is 0 Å². The molecule has 1 fully saturated rings. The predicted octanol–water partition coefficient (Wildman–Crippen LogP) is 2.95. The molecule has 2 rings (SSSR count). The highest BCUT2D eigenvalue weighted by atomic mass is 16.2. The van der Waals surface area contributed by atoms with Crippen LogP contribution in [0.25, 0.3) is 0 Å². The number of amides is 1. The molecule has 1 aliphatic rings. The molecular formula is C16H25N3O. The average molecular weight is 275 g/mol. The van der Waals surface area contributed by atoms with Gasteiger partial charge in [-0.15, -0.1) is 0 Å². The van der Waals surface area contributed by atoms with Gasteiger partial charge in [0, 0.05) is 31.4 Å². The van der Waals surface area contributed by atoms with E-state index in [1.165, 1.54) is 12.8 Å². The fourth-order valence-corrected chi connectivity index (χ4v) is 2.36. The molecule has 1 saturated carbocycles. The number of nitrogens with zero attached hydrogens (tertiary/aromatic N) is 2. The average Bonchev–Trinajstić information content (AvgIpc) is 3.29. The molecule has 0 spiro atoms. The first kappa shape index (κ1) is 14.8. The fraction of sp³-hybridized carbons (Fsp3) is 0.625. The molecule has 110 valence electrons. The van der Waals surface area contributed by atoms with Crippen molar-refractivity contribution in [2.24, 2.45) is 5.92 Å². The first-order valence-electron chi connectivity index (χ1n) is 7.65. The van der Waals surface area contributed by atoms with Crippen molar-refractivity contribution >= 4 is 11.7 Å². The standard InChI is InChI=1S/C16H25N3O/c1-4-8-19(11-12-6-7-12)16(20)13-9-14(5-2)18-15(10-13)17-3/h9-10,12H,4-8,11H2,1-3H3,(H,17,18). The number of carbonyl (C=O) groups excluding carboxylic acids is 1. The van der Waals surface area contributed by atoms with E-state index in [9.17, 15) is 4.79 Å². The van der Waals surface area contributed by atoms with E-state index in [1.807, 2.05) is 24.1 Å². The van der Waals surface area contributed by atoms with Crippen LogP contribution in [0.5, 0.6) is 0 Å². The zero-order chi connectivity index (χ0) is 14.5. The summed E-state index contributed by atoms with van der Waals surface area (Å²) in [7, 11) is 1.84. The molecule has 0 bridgehead atoms. The largest absolute Gasteiger partial charge is 0.373 e. The molecule has 1 heterocycles. The van der Waals surface area contributed by atoms with E-state index >= 15 is 0 Å². The summed E-state index contributed by atoms with van der Waals surface area (Å²) in [6, 6.07) is 3.79. The summed E-state index contributed by atoms with van der Waals surface area (Å²) >= 11 is 0. The zero-order valence-corrected chi connectivity index (χ0v) is 12.8. The van der Waals surface area contributed by atoms with Crippen molar-refractivity contribution in [3.8, 4) is 0 Å². The van der Waals surface area contributed by atoms with Crippen LogP contribution in [-0.2, 0) is 6.42 Å². The molecule has 1 amide bonds. The summed E-state index contributed by atoms with van der Waals surface area (Å²) in [5, 5.41) is 3.04. The Morgan fingerprint density at radius 1 is 1.40 bits per heavy atom. The van der Waals surface area contributed by atoms with E-state index in [-0.39, 0.29) is 5.91 Å². The number of hydrogen-bond donors (Lipinski definition) is 1. The van der Waals surface area contributed by atoms with Crippen LogP contribution in [0.4, 0.5) is 5.82 Å². The summed E-state index contributed by atoms with van der Waals surface area (Å²) in [4.78, 5) is 19.2. The second-order valence-corrected chi connectivity index (χ2v) is 5.53. The minimum atomic E-state index is 0.146. The number of rotatable bonds is 7. The Hall–Kier alpha value is -1.58. The highest BCUT2D eigenvalue weighted by Crippen LogP contribution is 2.30. The van der Waals surface area contributed by atoms with E-state index in [2.05, 4.69) is 24.1 Å². The second-order valence-electron chi connectivity index (χ2n) is 5.53. The Morgan fingerprint density at radius 3 is 2.70 bits per heavy atom. The van der Waals surface area contributed by atoms with Crippen LogP contribution in [0.1, 0.15) is 49.2 Å². The lowest BCUT2D eigenvalue weighted by atomic mass is 10.1. The fourth-order valence-electron chi connectivity index (χ4n) is 2.36. The third-order valence-electron chi connectivity index (χ3n) is 3.70. The van der Waals surface area contributed by atoms with Gasteiger partial charge in [-0.2, -0.15) is 0 Å². The van der Waals surface area contributed by atoms with Gasteiger partial charge in [-0.05, 0) is 43.7 Å². The zero-order valence-electron chi connectivity index (χ0n) is 12.8. The molecule has 0 saturated heterocycles. The number of aryl methyl sites for hydroxylation is 1. The van der Waals surface area contributed by atoms with Crippen molar-refractivity contribution in [2.75, 3.05) is 25.5 Å². The Labute approximate surface area is 121 Å². The Kier molecular flexibility index (Phi) is 4.99. The van der Waals surface area contributed by atoms with Crippen molar-refractivity contribution in [1.29, 1.82) is 0 Å². The van der Waals surface area contributed by atoms with Gasteiger partial charge in [0.1, 0.15) is 5.82 Å². The van der Waals surface area contributed by atoms with Crippen LogP contribution in [0.3, 0.4) is 0 Å². The first-order valence-corrected chi connectivity index (χ1v) is 7.65.